The third-order valence-electron chi connectivity index (χ3n) is 5.33. The first-order valence-electron chi connectivity index (χ1n) is 9.52. The number of anilines is 1. The monoisotopic (exact) mass is 429 g/mol. The van der Waals surface area contributed by atoms with Crippen LogP contribution in [0.15, 0.2) is 36.4 Å². The molecule has 0 unspecified atom stereocenters. The van der Waals surface area contributed by atoms with Crippen molar-refractivity contribution in [1.29, 1.82) is 0 Å². The molecule has 0 N–H and O–H groups in total. The van der Waals surface area contributed by atoms with Gasteiger partial charge < -0.3 is 18.9 Å². The Kier molecular flexibility index (Phi) is 4.89. The van der Waals surface area contributed by atoms with E-state index in [1.165, 1.54) is 31.2 Å². The number of carbonyl (C=O) groups excluding carboxylic acids is 5. The first-order chi connectivity index (χ1) is 14.6. The van der Waals surface area contributed by atoms with Crippen molar-refractivity contribution in [2.75, 3.05) is 4.90 Å². The zero-order valence-electron chi connectivity index (χ0n) is 16.9. The Morgan fingerprint density at radius 1 is 1.03 bits per heavy atom. The number of fused-ring (bicyclic) bond motifs is 5. The highest BCUT2D eigenvalue weighted by Gasteiger charge is 2.72. The van der Waals surface area contributed by atoms with Crippen LogP contribution in [-0.4, -0.2) is 47.7 Å². The molecule has 4 rings (SSSR count). The molecule has 10 heteroatoms. The zero-order chi connectivity index (χ0) is 22.5. The van der Waals surface area contributed by atoms with E-state index in [2.05, 4.69) is 0 Å². The fourth-order valence-corrected chi connectivity index (χ4v) is 4.32. The van der Waals surface area contributed by atoms with Crippen LogP contribution in [0.2, 0.25) is 0 Å². The molecule has 0 radical (unpaired) electrons. The first kappa shape index (κ1) is 20.7. The number of carbonyl (C=O) groups is 5. The lowest BCUT2D eigenvalue weighted by Gasteiger charge is -2.34. The van der Waals surface area contributed by atoms with E-state index in [0.717, 1.165) is 18.7 Å². The molecule has 0 aromatic heterocycles. The molecular formula is C21H19NO9. The summed E-state index contributed by atoms with van der Waals surface area (Å²) >= 11 is 0. The maximum atomic E-state index is 13.4. The van der Waals surface area contributed by atoms with E-state index >= 15 is 0 Å². The van der Waals surface area contributed by atoms with Crippen LogP contribution in [0.4, 0.5) is 5.69 Å². The Hall–Kier alpha value is -3.53. The van der Waals surface area contributed by atoms with Crippen LogP contribution in [-0.2, 0) is 38.2 Å². The molecule has 162 valence electrons. The van der Waals surface area contributed by atoms with E-state index in [0.29, 0.717) is 0 Å². The Morgan fingerprint density at radius 2 is 1.71 bits per heavy atom. The fourth-order valence-electron chi connectivity index (χ4n) is 4.32. The molecule has 31 heavy (non-hydrogen) atoms. The molecule has 3 heterocycles. The third-order valence-corrected chi connectivity index (χ3v) is 5.33. The normalized spacial score (nSPS) is 28.1. The van der Waals surface area contributed by atoms with Gasteiger partial charge in [-0.3, -0.25) is 24.0 Å². The van der Waals surface area contributed by atoms with Crippen molar-refractivity contribution in [3.63, 3.8) is 0 Å². The summed E-state index contributed by atoms with van der Waals surface area (Å²) in [5.74, 6) is -4.94. The van der Waals surface area contributed by atoms with E-state index in [1.807, 2.05) is 0 Å². The maximum Gasteiger partial charge on any atom is 0.308 e. The summed E-state index contributed by atoms with van der Waals surface area (Å²) < 4.78 is 21.3. The van der Waals surface area contributed by atoms with E-state index in [-0.39, 0.29) is 11.4 Å². The minimum atomic E-state index is -1.62. The predicted molar refractivity (Wildman–Crippen MR) is 101 cm³/mol. The number of hydrogen-bond donors (Lipinski definition) is 0. The smallest absolute Gasteiger partial charge is 0.308 e. The largest absolute Gasteiger partial charge is 0.427 e. The number of benzene rings is 1. The molecule has 2 fully saturated rings. The van der Waals surface area contributed by atoms with E-state index < -0.39 is 59.6 Å². The van der Waals surface area contributed by atoms with Crippen LogP contribution in [0.1, 0.15) is 20.8 Å². The van der Waals surface area contributed by atoms with Gasteiger partial charge in [0.15, 0.2) is 5.60 Å². The minimum absolute atomic E-state index is 0.174. The summed E-state index contributed by atoms with van der Waals surface area (Å²) in [4.78, 5) is 62.1. The summed E-state index contributed by atoms with van der Waals surface area (Å²) in [5.41, 5.74) is -1.41. The van der Waals surface area contributed by atoms with Crippen molar-refractivity contribution in [2.45, 2.75) is 38.8 Å². The molecule has 2 bridgehead atoms. The topological polar surface area (TPSA) is 126 Å². The van der Waals surface area contributed by atoms with Crippen LogP contribution in [0, 0.1) is 11.8 Å². The Bertz CT molecular complexity index is 1020. The van der Waals surface area contributed by atoms with Crippen LogP contribution in [0.5, 0.6) is 5.75 Å². The maximum absolute atomic E-state index is 13.4. The molecule has 0 aliphatic carbocycles. The van der Waals surface area contributed by atoms with E-state index in [4.69, 9.17) is 18.9 Å². The summed E-state index contributed by atoms with van der Waals surface area (Å²) in [6.45, 7) is 3.49. The van der Waals surface area contributed by atoms with Gasteiger partial charge in [0.2, 0.25) is 11.8 Å². The quantitative estimate of drug-likeness (QED) is 0.220. The Labute approximate surface area is 176 Å². The van der Waals surface area contributed by atoms with Crippen LogP contribution in [0.3, 0.4) is 0 Å². The number of imide groups is 1. The van der Waals surface area contributed by atoms with Gasteiger partial charge in [-0.2, -0.15) is 0 Å². The number of amides is 2. The number of ether oxygens (including phenoxy) is 4. The molecule has 2 amide bonds. The average molecular weight is 429 g/mol. The van der Waals surface area contributed by atoms with Gasteiger partial charge in [-0.1, -0.05) is 12.1 Å². The van der Waals surface area contributed by atoms with Crippen molar-refractivity contribution in [1.82, 2.24) is 0 Å². The third kappa shape index (κ3) is 3.28. The van der Waals surface area contributed by atoms with Crippen molar-refractivity contribution < 1.29 is 42.9 Å². The predicted octanol–water partition coefficient (Wildman–Crippen LogP) is 0.877. The van der Waals surface area contributed by atoms with Crippen LogP contribution >= 0.6 is 0 Å². The average Bonchev–Trinajstić information content (AvgIpc) is 3.31. The van der Waals surface area contributed by atoms with Gasteiger partial charge in [0.25, 0.3) is 6.29 Å². The lowest BCUT2D eigenvalue weighted by atomic mass is 9.76. The second-order valence-electron chi connectivity index (χ2n) is 7.45. The highest BCUT2D eigenvalue weighted by Crippen LogP contribution is 2.54. The van der Waals surface area contributed by atoms with Crippen LogP contribution < -0.4 is 9.64 Å². The van der Waals surface area contributed by atoms with Gasteiger partial charge in [-0.05, 0) is 18.2 Å². The van der Waals surface area contributed by atoms with E-state index in [9.17, 15) is 24.0 Å². The first-order valence-corrected chi connectivity index (χ1v) is 9.52. The highest BCUT2D eigenvalue weighted by atomic mass is 16.7. The van der Waals surface area contributed by atoms with Gasteiger partial charge in [-0.15, -0.1) is 0 Å². The molecule has 1 aromatic rings. The molecule has 4 atom stereocenters. The summed E-state index contributed by atoms with van der Waals surface area (Å²) in [5, 5.41) is 0. The molecule has 3 aliphatic heterocycles. The van der Waals surface area contributed by atoms with Gasteiger partial charge >= 0.3 is 17.9 Å². The summed E-state index contributed by atoms with van der Waals surface area (Å²) in [6, 6.07) is 5.99. The summed E-state index contributed by atoms with van der Waals surface area (Å²) in [7, 11) is 0. The Morgan fingerprint density at radius 3 is 2.32 bits per heavy atom. The van der Waals surface area contributed by atoms with Gasteiger partial charge in [0.05, 0.1) is 23.6 Å². The molecule has 0 saturated carbocycles. The Balaban J connectivity index is 1.71. The molecule has 3 aliphatic rings. The lowest BCUT2D eigenvalue weighted by molar-refractivity contribution is -0.226. The number of nitrogens with zero attached hydrogens (tertiary/aromatic N) is 1. The van der Waals surface area contributed by atoms with Crippen molar-refractivity contribution in [3.8, 4) is 5.75 Å². The number of rotatable bonds is 5. The fraction of sp³-hybridized carbons (Fsp3) is 0.381. The number of esters is 3. The van der Waals surface area contributed by atoms with Crippen LogP contribution in [0.25, 0.3) is 0 Å². The molecule has 2 saturated heterocycles. The molecular weight excluding hydrogens is 410 g/mol. The second-order valence-corrected chi connectivity index (χ2v) is 7.45. The number of hydrogen-bond acceptors (Lipinski definition) is 9. The summed E-state index contributed by atoms with van der Waals surface area (Å²) in [6.07, 6.45) is 0.796. The SMILES string of the molecule is CC(=O)Oc1cccc(N2C(=O)[C@H]3[C@H]4C=C[C@@](C(OC(C)=O)OC(C)=O)(O4)[C@H]3C2=O)c1. The highest BCUT2D eigenvalue weighted by molar-refractivity contribution is 6.23. The second kappa shape index (κ2) is 7.31. The van der Waals surface area contributed by atoms with Gasteiger partial charge in [0.1, 0.15) is 5.75 Å². The van der Waals surface area contributed by atoms with Crippen molar-refractivity contribution in [2.24, 2.45) is 11.8 Å². The van der Waals surface area contributed by atoms with Crippen molar-refractivity contribution >= 4 is 35.4 Å². The van der Waals surface area contributed by atoms with Gasteiger partial charge in [0, 0.05) is 26.8 Å². The lowest BCUT2D eigenvalue weighted by Crippen LogP contribution is -2.52. The van der Waals surface area contributed by atoms with Gasteiger partial charge in [-0.25, -0.2) is 4.90 Å². The molecule has 1 aromatic carbocycles. The standard InChI is InChI=1S/C21H19NO9/c1-10(23)28-14-6-4-5-13(9-14)22-18(26)16-15-7-8-21(31-15,17(16)19(22)27)20(29-11(2)24)30-12(3)25/h4-9,15-17,20H,1-3H3/t15-,16+,17-,21-/m1/s1. The molecule has 0 spiro atoms. The minimum Gasteiger partial charge on any atom is -0.427 e. The zero-order valence-corrected chi connectivity index (χ0v) is 16.9. The molecule has 10 nitrogen and oxygen atoms in total. The van der Waals surface area contributed by atoms with Crippen molar-refractivity contribution in [3.05, 3.63) is 36.4 Å². The van der Waals surface area contributed by atoms with E-state index in [1.54, 1.807) is 12.1 Å².